The van der Waals surface area contributed by atoms with Gasteiger partial charge in [0.1, 0.15) is 0 Å². The van der Waals surface area contributed by atoms with Crippen LogP contribution >= 0.6 is 27.5 Å². The zero-order valence-electron chi connectivity index (χ0n) is 18.1. The summed E-state index contributed by atoms with van der Waals surface area (Å²) in [6.45, 7) is 1.64. The van der Waals surface area contributed by atoms with Crippen LogP contribution in [0.25, 0.3) is 0 Å². The largest absolute Gasteiger partial charge is 0.493 e. The van der Waals surface area contributed by atoms with E-state index in [1.165, 1.54) is 7.11 Å². The van der Waals surface area contributed by atoms with Crippen molar-refractivity contribution in [3.63, 3.8) is 0 Å². The molecule has 0 aliphatic heterocycles. The average molecular weight is 545 g/mol. The molecule has 174 valence electrons. The van der Waals surface area contributed by atoms with Crippen LogP contribution in [0, 0.1) is 0 Å². The molecule has 3 rings (SSSR count). The number of carbonyl (C=O) groups excluding carboxylic acids is 3. The molecule has 0 saturated carbocycles. The van der Waals surface area contributed by atoms with Crippen molar-refractivity contribution in [1.82, 2.24) is 5.43 Å². The summed E-state index contributed by atoms with van der Waals surface area (Å²) < 4.78 is 11.4. The molecule has 0 unspecified atom stereocenters. The first-order valence-corrected chi connectivity index (χ1v) is 11.0. The zero-order valence-corrected chi connectivity index (χ0v) is 20.4. The Labute approximate surface area is 209 Å². The summed E-state index contributed by atoms with van der Waals surface area (Å²) in [5.74, 6) is -1.88. The van der Waals surface area contributed by atoms with Gasteiger partial charge in [0.15, 0.2) is 11.5 Å². The molecule has 0 spiro atoms. The maximum Gasteiger partial charge on any atom is 0.344 e. The van der Waals surface area contributed by atoms with Gasteiger partial charge in [0.25, 0.3) is 0 Å². The number of benzene rings is 3. The van der Waals surface area contributed by atoms with E-state index in [1.807, 2.05) is 0 Å². The van der Waals surface area contributed by atoms with Crippen LogP contribution in [0.4, 0.5) is 5.69 Å². The maximum atomic E-state index is 12.5. The van der Waals surface area contributed by atoms with Crippen molar-refractivity contribution in [1.29, 1.82) is 0 Å². The predicted octanol–water partition coefficient (Wildman–Crippen LogP) is 4.81. The van der Waals surface area contributed by atoms with Gasteiger partial charge in [-0.05, 0) is 77.5 Å². The third-order valence-electron chi connectivity index (χ3n) is 4.51. The Kier molecular flexibility index (Phi) is 8.39. The minimum absolute atomic E-state index is 0.214. The second kappa shape index (κ2) is 11.4. The molecule has 0 aliphatic rings. The number of rotatable bonds is 6. The molecule has 10 heteroatoms. The maximum absolute atomic E-state index is 12.5. The van der Waals surface area contributed by atoms with E-state index in [-0.39, 0.29) is 5.75 Å². The molecule has 2 N–H and O–H groups in total. The molecule has 0 atom stereocenters. The number of hydrogen-bond donors (Lipinski definition) is 2. The fourth-order valence-corrected chi connectivity index (χ4v) is 3.30. The Morgan fingerprint density at radius 2 is 1.65 bits per heavy atom. The Morgan fingerprint density at radius 1 is 0.941 bits per heavy atom. The van der Waals surface area contributed by atoms with Crippen molar-refractivity contribution in [2.75, 3.05) is 12.4 Å². The second-order valence-electron chi connectivity index (χ2n) is 6.83. The summed E-state index contributed by atoms with van der Waals surface area (Å²) >= 11 is 9.12. The van der Waals surface area contributed by atoms with Gasteiger partial charge in [0, 0.05) is 20.7 Å². The van der Waals surface area contributed by atoms with Gasteiger partial charge in [-0.3, -0.25) is 9.59 Å². The van der Waals surface area contributed by atoms with Crippen LogP contribution in [0.15, 0.2) is 76.3 Å². The fraction of sp³-hybridized carbons (Fsp3) is 0.0833. The zero-order chi connectivity index (χ0) is 24.7. The van der Waals surface area contributed by atoms with Gasteiger partial charge < -0.3 is 14.8 Å². The molecule has 0 heterocycles. The number of nitrogens with zero attached hydrogens (tertiary/aromatic N) is 1. The monoisotopic (exact) mass is 543 g/mol. The molecule has 2 amide bonds. The quantitative estimate of drug-likeness (QED) is 0.152. The lowest BCUT2D eigenvalue weighted by Gasteiger charge is -2.12. The minimum atomic E-state index is -0.944. The number of carbonyl (C=O) groups is 3. The highest BCUT2D eigenvalue weighted by Gasteiger charge is 2.17. The van der Waals surface area contributed by atoms with Crippen LogP contribution in [0.1, 0.15) is 22.8 Å². The third-order valence-corrected chi connectivity index (χ3v) is 5.45. The van der Waals surface area contributed by atoms with Crippen LogP contribution in [0.3, 0.4) is 0 Å². The van der Waals surface area contributed by atoms with Gasteiger partial charge in [-0.25, -0.2) is 10.2 Å². The Balaban J connectivity index is 1.67. The number of esters is 1. The van der Waals surface area contributed by atoms with E-state index in [0.717, 1.165) is 0 Å². The lowest BCUT2D eigenvalue weighted by molar-refractivity contribution is -0.136. The topological polar surface area (TPSA) is 106 Å². The number of nitrogens with one attached hydrogen (secondary N) is 2. The molecule has 3 aromatic rings. The number of methoxy groups -OCH3 is 1. The van der Waals surface area contributed by atoms with E-state index in [0.29, 0.717) is 37.8 Å². The predicted molar refractivity (Wildman–Crippen MR) is 133 cm³/mol. The Morgan fingerprint density at radius 3 is 2.32 bits per heavy atom. The summed E-state index contributed by atoms with van der Waals surface area (Å²) in [7, 11) is 1.43. The lowest BCUT2D eigenvalue weighted by Crippen LogP contribution is -2.32. The first-order chi connectivity index (χ1) is 16.3. The first kappa shape index (κ1) is 24.9. The Bertz CT molecular complexity index is 1260. The van der Waals surface area contributed by atoms with Crippen molar-refractivity contribution in [2.24, 2.45) is 5.10 Å². The van der Waals surface area contributed by atoms with Crippen LogP contribution in [0.2, 0.25) is 5.02 Å². The highest BCUT2D eigenvalue weighted by atomic mass is 79.9. The normalized spacial score (nSPS) is 10.9. The van der Waals surface area contributed by atoms with Gasteiger partial charge >= 0.3 is 17.8 Å². The molecule has 0 aromatic heterocycles. The molecule has 0 radical (unpaired) electrons. The van der Waals surface area contributed by atoms with Gasteiger partial charge in [0.2, 0.25) is 0 Å². The van der Waals surface area contributed by atoms with Gasteiger partial charge in [-0.2, -0.15) is 5.10 Å². The van der Waals surface area contributed by atoms with Gasteiger partial charge in [-0.15, -0.1) is 0 Å². The molecule has 0 saturated heterocycles. The van der Waals surface area contributed by atoms with Gasteiger partial charge in [0.05, 0.1) is 18.4 Å². The summed E-state index contributed by atoms with van der Waals surface area (Å²) in [6, 6.07) is 18.0. The van der Waals surface area contributed by atoms with Crippen molar-refractivity contribution >= 4 is 56.7 Å². The number of amides is 2. The van der Waals surface area contributed by atoms with E-state index >= 15 is 0 Å². The molecule has 34 heavy (non-hydrogen) atoms. The number of halogens is 2. The van der Waals surface area contributed by atoms with Crippen molar-refractivity contribution in [2.45, 2.75) is 6.92 Å². The van der Waals surface area contributed by atoms with E-state index < -0.39 is 17.8 Å². The van der Waals surface area contributed by atoms with E-state index in [4.69, 9.17) is 21.1 Å². The number of ether oxygens (including phenoxy) is 2. The average Bonchev–Trinajstić information content (AvgIpc) is 2.84. The first-order valence-electron chi connectivity index (χ1n) is 9.84. The highest BCUT2D eigenvalue weighted by molar-refractivity contribution is 9.10. The molecular formula is C24H19BrClN3O5. The molecule has 8 nitrogen and oxygen atoms in total. The molecule has 0 aliphatic carbocycles. The number of hydrogen-bond acceptors (Lipinski definition) is 6. The van der Waals surface area contributed by atoms with Crippen molar-refractivity contribution < 1.29 is 23.9 Å². The smallest absolute Gasteiger partial charge is 0.344 e. The fourth-order valence-electron chi connectivity index (χ4n) is 2.73. The molecular weight excluding hydrogens is 526 g/mol. The number of anilines is 1. The summed E-state index contributed by atoms with van der Waals surface area (Å²) in [6.07, 6.45) is 0. The highest BCUT2D eigenvalue weighted by Crippen LogP contribution is 2.30. The van der Waals surface area contributed by atoms with E-state index in [9.17, 15) is 14.4 Å². The van der Waals surface area contributed by atoms with Crippen LogP contribution in [-0.4, -0.2) is 30.6 Å². The van der Waals surface area contributed by atoms with Crippen LogP contribution < -0.4 is 20.2 Å². The Hall–Kier alpha value is -3.69. The van der Waals surface area contributed by atoms with E-state index in [2.05, 4.69) is 31.8 Å². The molecule has 3 aromatic carbocycles. The minimum Gasteiger partial charge on any atom is -0.493 e. The van der Waals surface area contributed by atoms with Crippen LogP contribution in [-0.2, 0) is 9.59 Å². The second-order valence-corrected chi connectivity index (χ2v) is 8.12. The number of hydrazone groups is 1. The molecule has 0 fully saturated rings. The summed E-state index contributed by atoms with van der Waals surface area (Å²) in [5.41, 5.74) is 3.97. The SMILES string of the molecule is COc1cc(/C(C)=N/NC(=O)C(=O)Nc2ccc(Cl)cc2)ccc1OC(=O)c1ccccc1Br. The van der Waals surface area contributed by atoms with E-state index in [1.54, 1.807) is 73.7 Å². The third kappa shape index (κ3) is 6.43. The standard InChI is InChI=1S/C24H19BrClN3O5/c1-14(28-29-23(31)22(30)27-17-10-8-16(26)9-11-17)15-7-12-20(21(13-15)33-2)34-24(32)18-5-3-4-6-19(18)25/h3-13H,1-2H3,(H,27,30)(H,29,31)/b28-14+. The van der Waals surface area contributed by atoms with Crippen molar-refractivity contribution in [3.05, 3.63) is 87.4 Å². The summed E-state index contributed by atoms with van der Waals surface area (Å²) in [4.78, 5) is 36.6. The van der Waals surface area contributed by atoms with Gasteiger partial charge in [-0.1, -0.05) is 23.7 Å². The molecule has 0 bridgehead atoms. The lowest BCUT2D eigenvalue weighted by atomic mass is 10.1. The van der Waals surface area contributed by atoms with Crippen molar-refractivity contribution in [3.8, 4) is 11.5 Å². The van der Waals surface area contributed by atoms with Crippen LogP contribution in [0.5, 0.6) is 11.5 Å². The summed E-state index contributed by atoms with van der Waals surface area (Å²) in [5, 5.41) is 6.91.